The Kier molecular flexibility index (Phi) is 6.07. The van der Waals surface area contributed by atoms with E-state index in [9.17, 15) is 4.79 Å². The number of unbranched alkanes of at least 4 members (excludes halogenated alkanes) is 3. The Hall–Kier alpha value is -2.33. The van der Waals surface area contributed by atoms with Crippen molar-refractivity contribution < 1.29 is 14.3 Å². The number of hydrogen-bond donors (Lipinski definition) is 1. The van der Waals surface area contributed by atoms with Gasteiger partial charge < -0.3 is 15.2 Å². The van der Waals surface area contributed by atoms with E-state index >= 15 is 0 Å². The molecule has 0 radical (unpaired) electrons. The summed E-state index contributed by atoms with van der Waals surface area (Å²) in [6.07, 6.45) is 3.38. The van der Waals surface area contributed by atoms with Gasteiger partial charge in [-0.15, -0.1) is 0 Å². The van der Waals surface area contributed by atoms with E-state index in [1.54, 1.807) is 0 Å². The van der Waals surface area contributed by atoms with Crippen LogP contribution in [0.4, 0.5) is 4.79 Å². The zero-order valence-corrected chi connectivity index (χ0v) is 14.4. The molecule has 0 saturated carbocycles. The van der Waals surface area contributed by atoms with Gasteiger partial charge in [-0.05, 0) is 41.6 Å². The number of nitrogens with two attached hydrogens (primary N) is 1. The topological polar surface area (TPSA) is 61.5 Å². The van der Waals surface area contributed by atoms with Crippen LogP contribution in [0.25, 0.3) is 11.1 Å². The second-order valence-electron chi connectivity index (χ2n) is 6.34. The summed E-state index contributed by atoms with van der Waals surface area (Å²) in [5.41, 5.74) is 10.3. The second kappa shape index (κ2) is 8.67. The molecule has 2 aromatic rings. The fourth-order valence-electron chi connectivity index (χ4n) is 3.39. The van der Waals surface area contributed by atoms with Crippen LogP contribution in [0.15, 0.2) is 48.5 Å². The lowest BCUT2D eigenvalue weighted by atomic mass is 9.98. The Morgan fingerprint density at radius 1 is 0.840 bits per heavy atom. The van der Waals surface area contributed by atoms with Gasteiger partial charge in [0.05, 0.1) is 6.61 Å². The van der Waals surface area contributed by atoms with Gasteiger partial charge in [-0.1, -0.05) is 61.4 Å². The molecule has 0 atom stereocenters. The van der Waals surface area contributed by atoms with E-state index < -0.39 is 6.16 Å². The van der Waals surface area contributed by atoms with Crippen molar-refractivity contribution in [3.63, 3.8) is 0 Å². The summed E-state index contributed by atoms with van der Waals surface area (Å²) in [5, 5.41) is 0. The molecule has 0 bridgehead atoms. The summed E-state index contributed by atoms with van der Waals surface area (Å²) in [5.74, 6) is 0.0736. The molecule has 0 aromatic heterocycles. The molecular weight excluding hydrogens is 314 g/mol. The lowest BCUT2D eigenvalue weighted by Crippen LogP contribution is -2.14. The minimum atomic E-state index is -0.583. The highest BCUT2D eigenvalue weighted by atomic mass is 16.7. The third kappa shape index (κ3) is 4.20. The second-order valence-corrected chi connectivity index (χ2v) is 6.34. The predicted molar refractivity (Wildman–Crippen MR) is 98.5 cm³/mol. The van der Waals surface area contributed by atoms with E-state index in [2.05, 4.69) is 24.3 Å². The van der Waals surface area contributed by atoms with Crippen molar-refractivity contribution in [1.29, 1.82) is 0 Å². The van der Waals surface area contributed by atoms with Gasteiger partial charge >= 0.3 is 6.16 Å². The fourth-order valence-corrected chi connectivity index (χ4v) is 3.39. The zero-order chi connectivity index (χ0) is 17.5. The Bertz CT molecular complexity index is 668. The number of rotatable bonds is 8. The molecule has 132 valence electrons. The van der Waals surface area contributed by atoms with E-state index in [0.717, 1.165) is 25.7 Å². The van der Waals surface area contributed by atoms with Gasteiger partial charge in [0, 0.05) is 5.92 Å². The molecule has 2 N–H and O–H groups in total. The Morgan fingerprint density at radius 3 is 2.08 bits per heavy atom. The van der Waals surface area contributed by atoms with Crippen LogP contribution in [0, 0.1) is 0 Å². The highest BCUT2D eigenvalue weighted by molar-refractivity contribution is 5.78. The van der Waals surface area contributed by atoms with Gasteiger partial charge in [0.1, 0.15) is 6.61 Å². The first-order valence-corrected chi connectivity index (χ1v) is 8.99. The maximum absolute atomic E-state index is 11.8. The van der Waals surface area contributed by atoms with Gasteiger partial charge in [0.2, 0.25) is 0 Å². The van der Waals surface area contributed by atoms with Crippen molar-refractivity contribution >= 4 is 6.16 Å². The smallest absolute Gasteiger partial charge is 0.434 e. The van der Waals surface area contributed by atoms with E-state index in [1.165, 1.54) is 22.3 Å². The minimum Gasteiger partial charge on any atom is -0.434 e. The molecular formula is C21H25NO3. The highest BCUT2D eigenvalue weighted by Gasteiger charge is 2.29. The van der Waals surface area contributed by atoms with Crippen molar-refractivity contribution in [3.8, 4) is 11.1 Å². The first-order chi connectivity index (χ1) is 12.3. The Balaban J connectivity index is 1.52. The molecule has 25 heavy (non-hydrogen) atoms. The number of fused-ring (bicyclic) bond motifs is 3. The average molecular weight is 339 g/mol. The quantitative estimate of drug-likeness (QED) is 0.569. The summed E-state index contributed by atoms with van der Waals surface area (Å²) >= 11 is 0. The molecule has 0 saturated heterocycles. The maximum Gasteiger partial charge on any atom is 0.508 e. The van der Waals surface area contributed by atoms with Crippen molar-refractivity contribution in [2.45, 2.75) is 31.6 Å². The van der Waals surface area contributed by atoms with Crippen LogP contribution in [0.1, 0.15) is 42.7 Å². The molecule has 0 heterocycles. The van der Waals surface area contributed by atoms with Gasteiger partial charge in [-0.25, -0.2) is 4.79 Å². The molecule has 2 aromatic carbocycles. The van der Waals surface area contributed by atoms with Gasteiger partial charge in [0.25, 0.3) is 0 Å². The molecule has 1 aliphatic carbocycles. The summed E-state index contributed by atoms with van der Waals surface area (Å²) in [4.78, 5) is 11.8. The van der Waals surface area contributed by atoms with Gasteiger partial charge in [-0.3, -0.25) is 0 Å². The SMILES string of the molecule is NCCCCCCOC(=O)OCC1c2ccccc2-c2ccccc21. The minimum absolute atomic E-state index is 0.0736. The van der Waals surface area contributed by atoms with Crippen LogP contribution in [0.3, 0.4) is 0 Å². The number of benzene rings is 2. The molecule has 0 unspecified atom stereocenters. The summed E-state index contributed by atoms with van der Waals surface area (Å²) in [6.45, 7) is 1.43. The van der Waals surface area contributed by atoms with Crippen LogP contribution in [0.2, 0.25) is 0 Å². The molecule has 1 aliphatic rings. The lowest BCUT2D eigenvalue weighted by Gasteiger charge is -2.14. The fraction of sp³-hybridized carbons (Fsp3) is 0.381. The standard InChI is InChI=1S/C21H25NO3/c22-13-7-1-2-8-14-24-21(23)25-15-20-18-11-5-3-9-16(18)17-10-4-6-12-19(17)20/h3-6,9-12,20H,1-2,7-8,13-15,22H2. The van der Waals surface area contributed by atoms with Crippen LogP contribution >= 0.6 is 0 Å². The van der Waals surface area contributed by atoms with Gasteiger partial charge in [0.15, 0.2) is 0 Å². The van der Waals surface area contributed by atoms with Gasteiger partial charge in [-0.2, -0.15) is 0 Å². The third-order valence-electron chi connectivity index (χ3n) is 4.65. The first-order valence-electron chi connectivity index (χ1n) is 8.99. The normalized spacial score (nSPS) is 12.5. The summed E-state index contributed by atoms with van der Waals surface area (Å²) < 4.78 is 10.6. The molecule has 3 rings (SSSR count). The molecule has 0 aliphatic heterocycles. The summed E-state index contributed by atoms with van der Waals surface area (Å²) in [7, 11) is 0. The summed E-state index contributed by atoms with van der Waals surface area (Å²) in [6, 6.07) is 16.6. The van der Waals surface area contributed by atoms with Crippen molar-refractivity contribution in [2.75, 3.05) is 19.8 Å². The monoisotopic (exact) mass is 339 g/mol. The molecule has 0 fully saturated rings. The van der Waals surface area contributed by atoms with Crippen molar-refractivity contribution in [2.24, 2.45) is 5.73 Å². The lowest BCUT2D eigenvalue weighted by molar-refractivity contribution is 0.0522. The number of hydrogen-bond acceptors (Lipinski definition) is 4. The number of carbonyl (C=O) groups is 1. The maximum atomic E-state index is 11.8. The van der Waals surface area contributed by atoms with Crippen LogP contribution < -0.4 is 5.73 Å². The predicted octanol–water partition coefficient (Wildman–Crippen LogP) is 4.47. The van der Waals surface area contributed by atoms with Crippen molar-refractivity contribution in [1.82, 2.24) is 0 Å². The molecule has 0 amide bonds. The van der Waals surface area contributed by atoms with Crippen LogP contribution in [-0.4, -0.2) is 25.9 Å². The van der Waals surface area contributed by atoms with Crippen molar-refractivity contribution in [3.05, 3.63) is 59.7 Å². The first kappa shape index (κ1) is 17.5. The third-order valence-corrected chi connectivity index (χ3v) is 4.65. The zero-order valence-electron chi connectivity index (χ0n) is 14.4. The molecule has 4 nitrogen and oxygen atoms in total. The molecule has 4 heteroatoms. The van der Waals surface area contributed by atoms with E-state index in [-0.39, 0.29) is 5.92 Å². The average Bonchev–Trinajstić information content (AvgIpc) is 2.97. The van der Waals surface area contributed by atoms with Crippen LogP contribution in [0.5, 0.6) is 0 Å². The largest absolute Gasteiger partial charge is 0.508 e. The number of ether oxygens (including phenoxy) is 2. The van der Waals surface area contributed by atoms with E-state index in [1.807, 2.05) is 24.3 Å². The number of carbonyl (C=O) groups excluding carboxylic acids is 1. The Morgan fingerprint density at radius 2 is 1.44 bits per heavy atom. The Labute approximate surface area is 148 Å². The highest BCUT2D eigenvalue weighted by Crippen LogP contribution is 2.44. The molecule has 0 spiro atoms. The van der Waals surface area contributed by atoms with Crippen LogP contribution in [-0.2, 0) is 9.47 Å². The van der Waals surface area contributed by atoms with E-state index in [4.69, 9.17) is 15.2 Å². The van der Waals surface area contributed by atoms with E-state index in [0.29, 0.717) is 19.8 Å².